The number of benzene rings is 11. The third-order valence-corrected chi connectivity index (χ3v) is 15.3. The molecule has 0 amide bonds. The normalized spacial score (nSPS) is 12.1. The summed E-state index contributed by atoms with van der Waals surface area (Å²) in [4.78, 5) is 2.49. The smallest absolute Gasteiger partial charge is 0.136 e. The maximum absolute atomic E-state index is 6.53. The van der Waals surface area contributed by atoms with Crippen molar-refractivity contribution in [1.29, 1.82) is 0 Å². The zero-order chi connectivity index (χ0) is 51.0. The molecule has 0 N–H and O–H groups in total. The van der Waals surface area contributed by atoms with Crippen molar-refractivity contribution in [3.05, 3.63) is 254 Å². The standard InChI is InChI=1S/C72H58N2O/c1-71(2,3)51-42-50(43-52(46-51)72(4,5)6)55-32-19-22-47-23-20-33-59(69(47)55)56-28-10-14-35-63(56)74(64-36-15-11-29-57(64)60-34-21-39-68-70(60)61-31-13-17-38-67(61)75-68)54-27-18-24-48(44-54)49-40-41-66-62(45-49)58-30-12-16-37-65(58)73(66)53-25-8-7-9-26-53/h7-46H,1-6H3. The minimum absolute atomic E-state index is 0.0294. The molecule has 11 aromatic carbocycles. The Hall–Kier alpha value is -8.92. The van der Waals surface area contributed by atoms with Crippen LogP contribution in [0.2, 0.25) is 0 Å². The van der Waals surface area contributed by atoms with E-state index in [1.165, 1.54) is 60.4 Å². The van der Waals surface area contributed by atoms with E-state index in [0.717, 1.165) is 72.5 Å². The molecule has 0 aliphatic rings. The maximum atomic E-state index is 6.53. The van der Waals surface area contributed by atoms with Gasteiger partial charge in [0.05, 0.1) is 22.4 Å². The van der Waals surface area contributed by atoms with Gasteiger partial charge in [-0.1, -0.05) is 217 Å². The molecule has 3 heteroatoms. The number of para-hydroxylation sites is 5. The molecule has 0 aliphatic carbocycles. The van der Waals surface area contributed by atoms with Crippen LogP contribution in [0, 0.1) is 0 Å². The molecule has 0 unspecified atom stereocenters. The van der Waals surface area contributed by atoms with Gasteiger partial charge in [0.15, 0.2) is 0 Å². The lowest BCUT2D eigenvalue weighted by Crippen LogP contribution is -2.16. The molecule has 0 saturated heterocycles. The molecule has 0 atom stereocenters. The lowest BCUT2D eigenvalue weighted by Gasteiger charge is -2.31. The second-order valence-corrected chi connectivity index (χ2v) is 22.1. The number of anilines is 3. The average Bonchev–Trinajstić information content (AvgIpc) is 3.99. The van der Waals surface area contributed by atoms with Crippen LogP contribution >= 0.6 is 0 Å². The van der Waals surface area contributed by atoms with Crippen LogP contribution in [0.3, 0.4) is 0 Å². The summed E-state index contributed by atoms with van der Waals surface area (Å²) in [5.74, 6) is 0. The summed E-state index contributed by atoms with van der Waals surface area (Å²) >= 11 is 0. The lowest BCUT2D eigenvalue weighted by molar-refractivity contribution is 0.569. The van der Waals surface area contributed by atoms with Crippen LogP contribution in [-0.2, 0) is 10.8 Å². The van der Waals surface area contributed by atoms with E-state index < -0.39 is 0 Å². The predicted molar refractivity (Wildman–Crippen MR) is 319 cm³/mol. The Labute approximate surface area is 439 Å². The molecule has 0 fully saturated rings. The van der Waals surface area contributed by atoms with Crippen molar-refractivity contribution >= 4 is 71.6 Å². The minimum Gasteiger partial charge on any atom is -0.456 e. The van der Waals surface area contributed by atoms with Gasteiger partial charge in [0.25, 0.3) is 0 Å². The van der Waals surface area contributed by atoms with Crippen LogP contribution in [0.25, 0.3) is 105 Å². The summed E-state index contributed by atoms with van der Waals surface area (Å²) in [6.45, 7) is 13.9. The monoisotopic (exact) mass is 966 g/mol. The molecule has 2 aromatic heterocycles. The van der Waals surface area contributed by atoms with E-state index in [1.807, 2.05) is 6.07 Å². The molecule has 0 aliphatic heterocycles. The average molecular weight is 967 g/mol. The fourth-order valence-electron chi connectivity index (χ4n) is 11.5. The molecule has 75 heavy (non-hydrogen) atoms. The Morgan fingerprint density at radius 2 is 0.880 bits per heavy atom. The summed E-state index contributed by atoms with van der Waals surface area (Å²) in [6, 6.07) is 89.2. The van der Waals surface area contributed by atoms with Crippen molar-refractivity contribution < 1.29 is 4.42 Å². The predicted octanol–water partition coefficient (Wildman–Crippen LogP) is 20.6. The highest BCUT2D eigenvalue weighted by Gasteiger charge is 2.26. The maximum Gasteiger partial charge on any atom is 0.136 e. The van der Waals surface area contributed by atoms with Crippen molar-refractivity contribution in [2.75, 3.05) is 4.90 Å². The number of fused-ring (bicyclic) bond motifs is 7. The Bertz CT molecular complexity index is 4290. The number of aromatic nitrogens is 1. The summed E-state index contributed by atoms with van der Waals surface area (Å²) in [5.41, 5.74) is 20.4. The number of hydrogen-bond acceptors (Lipinski definition) is 2. The largest absolute Gasteiger partial charge is 0.456 e. The molecule has 362 valence electrons. The first-order valence-corrected chi connectivity index (χ1v) is 26.2. The van der Waals surface area contributed by atoms with Crippen LogP contribution in [0.4, 0.5) is 17.1 Å². The number of furan rings is 1. The second-order valence-electron chi connectivity index (χ2n) is 22.1. The zero-order valence-electron chi connectivity index (χ0n) is 43.4. The van der Waals surface area contributed by atoms with Crippen LogP contribution in [0.15, 0.2) is 247 Å². The molecule has 13 aromatic rings. The van der Waals surface area contributed by atoms with Crippen LogP contribution < -0.4 is 4.90 Å². The third-order valence-electron chi connectivity index (χ3n) is 15.3. The Morgan fingerprint density at radius 3 is 1.59 bits per heavy atom. The Balaban J connectivity index is 1.05. The van der Waals surface area contributed by atoms with Crippen molar-refractivity contribution in [1.82, 2.24) is 4.57 Å². The first-order chi connectivity index (χ1) is 36.5. The van der Waals surface area contributed by atoms with Gasteiger partial charge >= 0.3 is 0 Å². The molecular formula is C72H58N2O. The summed E-state index contributed by atoms with van der Waals surface area (Å²) in [6.07, 6.45) is 0. The van der Waals surface area contributed by atoms with Gasteiger partial charge in [0, 0.05) is 44.0 Å². The summed E-state index contributed by atoms with van der Waals surface area (Å²) in [5, 5.41) is 7.10. The highest BCUT2D eigenvalue weighted by atomic mass is 16.3. The third kappa shape index (κ3) is 7.99. The Kier molecular flexibility index (Phi) is 11.0. The summed E-state index contributed by atoms with van der Waals surface area (Å²) < 4.78 is 8.92. The van der Waals surface area contributed by atoms with Gasteiger partial charge < -0.3 is 13.9 Å². The van der Waals surface area contributed by atoms with E-state index in [4.69, 9.17) is 4.42 Å². The van der Waals surface area contributed by atoms with E-state index in [1.54, 1.807) is 0 Å². The van der Waals surface area contributed by atoms with Crippen molar-refractivity contribution in [2.24, 2.45) is 0 Å². The highest BCUT2D eigenvalue weighted by molar-refractivity contribution is 6.15. The fourth-order valence-corrected chi connectivity index (χ4v) is 11.5. The molecule has 0 saturated carbocycles. The van der Waals surface area contributed by atoms with Gasteiger partial charge in [-0.05, 0) is 133 Å². The molecule has 0 bridgehead atoms. The van der Waals surface area contributed by atoms with Gasteiger partial charge in [-0.3, -0.25) is 0 Å². The Morgan fingerprint density at radius 1 is 0.347 bits per heavy atom. The molecular weight excluding hydrogens is 909 g/mol. The quantitative estimate of drug-likeness (QED) is 0.151. The molecule has 13 rings (SSSR count). The van der Waals surface area contributed by atoms with Gasteiger partial charge in [0.1, 0.15) is 11.2 Å². The molecule has 3 nitrogen and oxygen atoms in total. The fraction of sp³-hybridized carbons (Fsp3) is 0.111. The van der Waals surface area contributed by atoms with Crippen molar-refractivity contribution in [3.8, 4) is 50.2 Å². The topological polar surface area (TPSA) is 21.3 Å². The van der Waals surface area contributed by atoms with E-state index in [-0.39, 0.29) is 10.8 Å². The van der Waals surface area contributed by atoms with Crippen molar-refractivity contribution in [3.63, 3.8) is 0 Å². The van der Waals surface area contributed by atoms with Crippen LogP contribution in [0.1, 0.15) is 52.7 Å². The number of hydrogen-bond donors (Lipinski definition) is 0. The SMILES string of the molecule is CC(C)(C)c1cc(-c2cccc3cccc(-c4ccccc4N(c4cccc(-c5ccc6c(c5)c5ccccc5n6-c5ccccc5)c4)c4ccccc4-c4cccc5oc6ccccc6c45)c23)cc(C(C)(C)C)c1. The summed E-state index contributed by atoms with van der Waals surface area (Å²) in [7, 11) is 0. The van der Waals surface area contributed by atoms with E-state index in [2.05, 4.69) is 288 Å². The first kappa shape index (κ1) is 45.9. The van der Waals surface area contributed by atoms with Gasteiger partial charge in [-0.25, -0.2) is 0 Å². The number of rotatable bonds is 8. The van der Waals surface area contributed by atoms with Gasteiger partial charge in [-0.15, -0.1) is 0 Å². The second kappa shape index (κ2) is 17.9. The van der Waals surface area contributed by atoms with E-state index >= 15 is 0 Å². The zero-order valence-corrected chi connectivity index (χ0v) is 43.4. The van der Waals surface area contributed by atoms with Crippen molar-refractivity contribution in [2.45, 2.75) is 52.4 Å². The van der Waals surface area contributed by atoms with E-state index in [0.29, 0.717) is 0 Å². The highest BCUT2D eigenvalue weighted by Crippen LogP contribution is 2.50. The van der Waals surface area contributed by atoms with Gasteiger partial charge in [0.2, 0.25) is 0 Å². The molecule has 0 radical (unpaired) electrons. The molecule has 0 spiro atoms. The minimum atomic E-state index is -0.0294. The van der Waals surface area contributed by atoms with E-state index in [9.17, 15) is 0 Å². The van der Waals surface area contributed by atoms with Gasteiger partial charge in [-0.2, -0.15) is 0 Å². The lowest BCUT2D eigenvalue weighted by atomic mass is 9.78. The number of nitrogens with zero attached hydrogens (tertiary/aromatic N) is 2. The molecule has 2 heterocycles. The first-order valence-electron chi connectivity index (χ1n) is 26.2. The van der Waals surface area contributed by atoms with Crippen LogP contribution in [0.5, 0.6) is 0 Å². The van der Waals surface area contributed by atoms with Crippen LogP contribution in [-0.4, -0.2) is 4.57 Å².